The molecule has 1 heterocycles. The van der Waals surface area contributed by atoms with Crippen molar-refractivity contribution in [1.82, 2.24) is 4.98 Å². The summed E-state index contributed by atoms with van der Waals surface area (Å²) in [6.07, 6.45) is 1.66. The Kier molecular flexibility index (Phi) is 5.61. The average molecular weight is 166 g/mol. The molecule has 0 unspecified atom stereocenters. The predicted octanol–water partition coefficient (Wildman–Crippen LogP) is 2.31. The van der Waals surface area contributed by atoms with Crippen LogP contribution in [0.5, 0.6) is 0 Å². The molecule has 0 aliphatic carbocycles. The van der Waals surface area contributed by atoms with Gasteiger partial charge in [0.2, 0.25) is 0 Å². The number of nitrogens with zero attached hydrogens (tertiary/aromatic N) is 2. The Labute approximate surface area is 72.8 Å². The first-order valence-electron chi connectivity index (χ1n) is 3.94. The molecule has 0 radical (unpaired) electrons. The van der Waals surface area contributed by atoms with Crippen LogP contribution in [0.2, 0.25) is 0 Å². The number of aromatic nitrogens is 1. The van der Waals surface area contributed by atoms with E-state index in [2.05, 4.69) is 10.1 Å². The van der Waals surface area contributed by atoms with E-state index < -0.39 is 0 Å². The molecule has 1 N–H and O–H groups in total. The van der Waals surface area contributed by atoms with Crippen LogP contribution in [0, 0.1) is 0 Å². The maximum absolute atomic E-state index is 8.34. The predicted molar refractivity (Wildman–Crippen MR) is 49.6 cm³/mol. The first kappa shape index (κ1) is 10.6. The van der Waals surface area contributed by atoms with Crippen LogP contribution in [0.15, 0.2) is 29.6 Å². The molecule has 0 bridgehead atoms. The van der Waals surface area contributed by atoms with Crippen LogP contribution in [0.1, 0.15) is 26.5 Å². The summed E-state index contributed by atoms with van der Waals surface area (Å²) in [6.45, 7) is 5.70. The van der Waals surface area contributed by atoms with Crippen LogP contribution in [0.4, 0.5) is 0 Å². The molecule has 0 aliphatic heterocycles. The van der Waals surface area contributed by atoms with E-state index in [-0.39, 0.29) is 0 Å². The molecule has 0 aromatic carbocycles. The first-order chi connectivity index (χ1) is 5.84. The minimum atomic E-state index is 0.528. The fraction of sp³-hybridized carbons (Fsp3) is 0.333. The first-order valence-corrected chi connectivity index (χ1v) is 3.94. The van der Waals surface area contributed by atoms with Crippen LogP contribution >= 0.6 is 0 Å². The fourth-order valence-electron chi connectivity index (χ4n) is 0.628. The topological polar surface area (TPSA) is 45.5 Å². The standard InChI is InChI=1S/C7H8N2O.C2H6/c1-6(9-10)7-4-2-3-5-8-7;1-2/h2-5,10H,1H3;1-2H3/b9-6-;. The lowest BCUT2D eigenvalue weighted by Crippen LogP contribution is -1.96. The molecule has 0 spiro atoms. The van der Waals surface area contributed by atoms with Crippen molar-refractivity contribution in [2.75, 3.05) is 0 Å². The van der Waals surface area contributed by atoms with Crippen molar-refractivity contribution in [3.05, 3.63) is 30.1 Å². The smallest absolute Gasteiger partial charge is 0.102 e. The van der Waals surface area contributed by atoms with E-state index in [0.29, 0.717) is 11.4 Å². The Morgan fingerprint density at radius 3 is 2.50 bits per heavy atom. The lowest BCUT2D eigenvalue weighted by atomic mass is 10.3. The molecule has 0 amide bonds. The van der Waals surface area contributed by atoms with Gasteiger partial charge in [0.15, 0.2) is 0 Å². The highest BCUT2D eigenvalue weighted by molar-refractivity contribution is 5.96. The molecule has 1 rings (SSSR count). The summed E-state index contributed by atoms with van der Waals surface area (Å²) in [5, 5.41) is 11.3. The highest BCUT2D eigenvalue weighted by Gasteiger charge is 1.94. The van der Waals surface area contributed by atoms with Crippen LogP contribution in [-0.2, 0) is 0 Å². The Morgan fingerprint density at radius 2 is 2.08 bits per heavy atom. The summed E-state index contributed by atoms with van der Waals surface area (Å²) in [7, 11) is 0. The molecule has 0 fully saturated rings. The summed E-state index contributed by atoms with van der Waals surface area (Å²) in [4.78, 5) is 3.96. The molecular weight excluding hydrogens is 152 g/mol. The van der Waals surface area contributed by atoms with E-state index in [9.17, 15) is 0 Å². The van der Waals surface area contributed by atoms with Gasteiger partial charge >= 0.3 is 0 Å². The van der Waals surface area contributed by atoms with Gasteiger partial charge in [-0.25, -0.2) is 0 Å². The van der Waals surface area contributed by atoms with E-state index in [1.165, 1.54) is 0 Å². The van der Waals surface area contributed by atoms with Crippen LogP contribution in [0.25, 0.3) is 0 Å². The van der Waals surface area contributed by atoms with Crippen molar-refractivity contribution in [2.45, 2.75) is 20.8 Å². The van der Waals surface area contributed by atoms with Crippen molar-refractivity contribution in [3.63, 3.8) is 0 Å². The third-order valence-corrected chi connectivity index (χ3v) is 1.19. The molecule has 1 aromatic heterocycles. The summed E-state index contributed by atoms with van der Waals surface area (Å²) in [5.74, 6) is 0. The summed E-state index contributed by atoms with van der Waals surface area (Å²) in [6, 6.07) is 5.44. The van der Waals surface area contributed by atoms with Gasteiger partial charge in [0, 0.05) is 6.20 Å². The van der Waals surface area contributed by atoms with Gasteiger partial charge in [0.05, 0.1) is 5.69 Å². The van der Waals surface area contributed by atoms with Gasteiger partial charge in [0.1, 0.15) is 5.71 Å². The minimum absolute atomic E-state index is 0.528. The molecule has 66 valence electrons. The third kappa shape index (κ3) is 3.14. The van der Waals surface area contributed by atoms with Crippen molar-refractivity contribution < 1.29 is 5.21 Å². The van der Waals surface area contributed by atoms with Crippen LogP contribution in [-0.4, -0.2) is 15.9 Å². The van der Waals surface area contributed by atoms with Gasteiger partial charge in [-0.1, -0.05) is 25.1 Å². The molecule has 0 aliphatic rings. The number of pyridine rings is 1. The SMILES string of the molecule is C/C(=N/O)c1ccccn1.CC. The maximum Gasteiger partial charge on any atom is 0.102 e. The Hall–Kier alpha value is -1.38. The van der Waals surface area contributed by atoms with E-state index in [0.717, 1.165) is 0 Å². The second-order valence-electron chi connectivity index (χ2n) is 1.90. The summed E-state index contributed by atoms with van der Waals surface area (Å²) in [5.41, 5.74) is 1.23. The number of hydrogen-bond donors (Lipinski definition) is 1. The van der Waals surface area contributed by atoms with Gasteiger partial charge in [0.25, 0.3) is 0 Å². The van der Waals surface area contributed by atoms with Gasteiger partial charge < -0.3 is 5.21 Å². The normalized spacial score (nSPS) is 10.1. The molecular formula is C9H14N2O. The monoisotopic (exact) mass is 166 g/mol. The van der Waals surface area contributed by atoms with Gasteiger partial charge in [-0.3, -0.25) is 4.98 Å². The Bertz CT molecular complexity index is 232. The second kappa shape index (κ2) is 6.34. The maximum atomic E-state index is 8.34. The van der Waals surface area contributed by atoms with Crippen molar-refractivity contribution >= 4 is 5.71 Å². The quantitative estimate of drug-likeness (QED) is 0.395. The van der Waals surface area contributed by atoms with E-state index >= 15 is 0 Å². The van der Waals surface area contributed by atoms with Gasteiger partial charge in [-0.15, -0.1) is 0 Å². The Morgan fingerprint density at radius 1 is 1.42 bits per heavy atom. The van der Waals surface area contributed by atoms with E-state index in [1.807, 2.05) is 26.0 Å². The molecule has 3 heteroatoms. The summed E-state index contributed by atoms with van der Waals surface area (Å²) < 4.78 is 0. The highest BCUT2D eigenvalue weighted by atomic mass is 16.4. The molecule has 0 saturated heterocycles. The average Bonchev–Trinajstić information content (AvgIpc) is 2.21. The summed E-state index contributed by atoms with van der Waals surface area (Å²) >= 11 is 0. The highest BCUT2D eigenvalue weighted by Crippen LogP contribution is 1.94. The van der Waals surface area contributed by atoms with Crippen LogP contribution < -0.4 is 0 Å². The zero-order chi connectivity index (χ0) is 9.40. The zero-order valence-corrected chi connectivity index (χ0v) is 7.65. The van der Waals surface area contributed by atoms with E-state index in [1.54, 1.807) is 19.2 Å². The minimum Gasteiger partial charge on any atom is -0.411 e. The fourth-order valence-corrected chi connectivity index (χ4v) is 0.628. The lowest BCUT2D eigenvalue weighted by Gasteiger charge is -1.93. The number of hydrogen-bond acceptors (Lipinski definition) is 3. The zero-order valence-electron chi connectivity index (χ0n) is 7.65. The van der Waals surface area contributed by atoms with Crippen LogP contribution in [0.3, 0.4) is 0 Å². The van der Waals surface area contributed by atoms with Crippen molar-refractivity contribution in [1.29, 1.82) is 0 Å². The second-order valence-corrected chi connectivity index (χ2v) is 1.90. The molecule has 1 aromatic rings. The van der Waals surface area contributed by atoms with Crippen molar-refractivity contribution in [2.24, 2.45) is 5.16 Å². The molecule has 0 atom stereocenters. The van der Waals surface area contributed by atoms with Gasteiger partial charge in [-0.05, 0) is 19.1 Å². The Balaban J connectivity index is 0.000000561. The molecule has 0 saturated carbocycles. The largest absolute Gasteiger partial charge is 0.411 e. The third-order valence-electron chi connectivity index (χ3n) is 1.19. The lowest BCUT2D eigenvalue weighted by molar-refractivity contribution is 0.319. The molecule has 12 heavy (non-hydrogen) atoms. The van der Waals surface area contributed by atoms with Crippen molar-refractivity contribution in [3.8, 4) is 0 Å². The number of rotatable bonds is 1. The number of oxime groups is 1. The molecule has 3 nitrogen and oxygen atoms in total. The van der Waals surface area contributed by atoms with Gasteiger partial charge in [-0.2, -0.15) is 0 Å². The van der Waals surface area contributed by atoms with E-state index in [4.69, 9.17) is 5.21 Å².